The number of hydrogen-bond acceptors (Lipinski definition) is 18. The SMILES string of the molecule is CCCCC/C=C\CCCCCCCC(=O)NC(COC1OC(CO)C(OC2OC(CO)C(OC3OC(CO)C(O)C(O)C3O)C(O)C2O)C(O)C1O)C(O)/C=C/CC/C=C/CC/C=C/CCCCCCCCCCCCCCCCCCC. The molecule has 0 aromatic carbocycles. The molecule has 19 heteroatoms. The van der Waals surface area contributed by atoms with Crippen LogP contribution in [0.25, 0.3) is 0 Å². The molecule has 1 amide bonds. The van der Waals surface area contributed by atoms with Gasteiger partial charge in [0, 0.05) is 6.42 Å². The zero-order valence-corrected chi connectivity index (χ0v) is 51.4. The number of aliphatic hydroxyl groups excluding tert-OH is 11. The number of nitrogens with one attached hydrogen (secondary N) is 1. The van der Waals surface area contributed by atoms with E-state index in [2.05, 4.69) is 55.6 Å². The van der Waals surface area contributed by atoms with E-state index in [1.54, 1.807) is 6.08 Å². The van der Waals surface area contributed by atoms with Crippen molar-refractivity contribution in [1.82, 2.24) is 5.32 Å². The van der Waals surface area contributed by atoms with E-state index < -0.39 is 124 Å². The molecule has 84 heavy (non-hydrogen) atoms. The highest BCUT2D eigenvalue weighted by atomic mass is 16.8. The van der Waals surface area contributed by atoms with Crippen molar-refractivity contribution < 1.29 is 89.4 Å². The molecule has 0 aromatic heterocycles. The molecule has 12 N–H and O–H groups in total. The minimum Gasteiger partial charge on any atom is -0.394 e. The largest absolute Gasteiger partial charge is 0.394 e. The Hall–Kier alpha value is -2.25. The fourth-order valence-corrected chi connectivity index (χ4v) is 10.9. The van der Waals surface area contributed by atoms with Crippen LogP contribution in [-0.4, -0.2) is 193 Å². The highest BCUT2D eigenvalue weighted by molar-refractivity contribution is 5.76. The Morgan fingerprint density at radius 1 is 0.417 bits per heavy atom. The fourth-order valence-electron chi connectivity index (χ4n) is 10.9. The monoisotopic (exact) mass is 1200 g/mol. The van der Waals surface area contributed by atoms with Crippen molar-refractivity contribution in [3.05, 3.63) is 48.6 Å². The first-order chi connectivity index (χ1) is 40.8. The van der Waals surface area contributed by atoms with Crippen molar-refractivity contribution in [3.63, 3.8) is 0 Å². The maximum absolute atomic E-state index is 13.3. The summed E-state index contributed by atoms with van der Waals surface area (Å²) in [6, 6.07) is -1.00. The molecule has 0 saturated carbocycles. The summed E-state index contributed by atoms with van der Waals surface area (Å²) in [6.07, 6.45) is 28.3. The zero-order valence-electron chi connectivity index (χ0n) is 51.4. The summed E-state index contributed by atoms with van der Waals surface area (Å²) >= 11 is 0. The van der Waals surface area contributed by atoms with Gasteiger partial charge >= 0.3 is 0 Å². The van der Waals surface area contributed by atoms with Crippen LogP contribution in [0.2, 0.25) is 0 Å². The van der Waals surface area contributed by atoms with Gasteiger partial charge in [-0.25, -0.2) is 0 Å². The third-order valence-electron chi connectivity index (χ3n) is 16.3. The van der Waals surface area contributed by atoms with Crippen molar-refractivity contribution in [1.29, 1.82) is 0 Å². The van der Waals surface area contributed by atoms with E-state index in [1.807, 2.05) is 6.08 Å². The van der Waals surface area contributed by atoms with Crippen LogP contribution in [0, 0.1) is 0 Å². The number of aliphatic hydroxyl groups is 11. The molecule has 3 aliphatic heterocycles. The second-order valence-corrected chi connectivity index (χ2v) is 23.6. The minimum atomic E-state index is -1.98. The Morgan fingerprint density at radius 2 is 0.762 bits per heavy atom. The second kappa shape index (κ2) is 47.7. The quantitative estimate of drug-likeness (QED) is 0.0208. The molecule has 0 aromatic rings. The van der Waals surface area contributed by atoms with Gasteiger partial charge in [-0.2, -0.15) is 0 Å². The molecule has 3 saturated heterocycles. The van der Waals surface area contributed by atoms with Crippen molar-refractivity contribution >= 4 is 5.91 Å². The van der Waals surface area contributed by atoms with E-state index in [4.69, 9.17) is 28.4 Å². The highest BCUT2D eigenvalue weighted by Gasteiger charge is 2.53. The summed E-state index contributed by atoms with van der Waals surface area (Å²) in [6.45, 7) is 1.66. The van der Waals surface area contributed by atoms with E-state index in [0.29, 0.717) is 12.8 Å². The molecule has 0 spiro atoms. The van der Waals surface area contributed by atoms with Gasteiger partial charge in [0.1, 0.15) is 73.2 Å². The fraction of sp³-hybridized carbons (Fsp3) is 0.862. The predicted octanol–water partition coefficient (Wildman–Crippen LogP) is 7.43. The lowest BCUT2D eigenvalue weighted by Crippen LogP contribution is -2.66. The maximum atomic E-state index is 13.3. The normalized spacial score (nSPS) is 29.5. The lowest BCUT2D eigenvalue weighted by atomic mass is 9.96. The minimum absolute atomic E-state index is 0.220. The molecular formula is C65H117NO18. The summed E-state index contributed by atoms with van der Waals surface area (Å²) in [4.78, 5) is 13.3. The van der Waals surface area contributed by atoms with Crippen LogP contribution < -0.4 is 5.32 Å². The summed E-state index contributed by atoms with van der Waals surface area (Å²) in [5.41, 5.74) is 0. The lowest BCUT2D eigenvalue weighted by molar-refractivity contribution is -0.379. The average Bonchev–Trinajstić information content (AvgIpc) is 2.94. The molecule has 17 unspecified atom stereocenters. The van der Waals surface area contributed by atoms with Gasteiger partial charge in [-0.05, 0) is 70.6 Å². The van der Waals surface area contributed by atoms with Crippen molar-refractivity contribution in [3.8, 4) is 0 Å². The first-order valence-corrected chi connectivity index (χ1v) is 32.9. The Labute approximate surface area is 503 Å². The van der Waals surface area contributed by atoms with E-state index in [0.717, 1.165) is 64.2 Å². The standard InChI is InChI=1S/C65H117NO18/c1-3-5-7-9-11-13-15-17-18-19-20-21-22-23-24-25-26-27-28-29-30-31-32-34-36-38-40-42-49(70)48(66-53(71)43-41-39-37-35-33-16-14-12-10-8-6-4-2)47-79-63-59(77)56(74)61(51(45-68)81-63)84-65-60(78)57(75)62(52(46-69)82-65)83-64-58(76)55(73)54(72)50(44-67)80-64/h12,14,28-29,32,34,40,42,48-52,54-65,67-70,72-78H,3-11,13,15-27,30-31,33,35-39,41,43-47H2,1-2H3,(H,66,71)/b14-12-,29-28+,34-32+,42-40+. The van der Waals surface area contributed by atoms with Gasteiger partial charge in [0.2, 0.25) is 5.91 Å². The number of rotatable bonds is 49. The third-order valence-corrected chi connectivity index (χ3v) is 16.3. The number of carbonyl (C=O) groups is 1. The average molecular weight is 1200 g/mol. The van der Waals surface area contributed by atoms with Crippen LogP contribution in [0.3, 0.4) is 0 Å². The van der Waals surface area contributed by atoms with E-state index in [-0.39, 0.29) is 18.9 Å². The number of carbonyl (C=O) groups excluding carboxylic acids is 1. The number of unbranched alkanes of at least 4 members (excludes halogenated alkanes) is 27. The molecule has 17 atom stereocenters. The molecule has 490 valence electrons. The maximum Gasteiger partial charge on any atom is 0.220 e. The lowest BCUT2D eigenvalue weighted by Gasteiger charge is -2.48. The number of hydrogen-bond donors (Lipinski definition) is 12. The molecule has 0 bridgehead atoms. The Kier molecular flexibility index (Phi) is 43.2. The summed E-state index contributed by atoms with van der Waals surface area (Å²) in [5, 5.41) is 120. The number of amides is 1. The molecule has 3 heterocycles. The van der Waals surface area contributed by atoms with Gasteiger partial charge in [0.25, 0.3) is 0 Å². The Morgan fingerprint density at radius 3 is 1.21 bits per heavy atom. The van der Waals surface area contributed by atoms with E-state index in [1.165, 1.54) is 128 Å². The first-order valence-electron chi connectivity index (χ1n) is 32.9. The van der Waals surface area contributed by atoms with Crippen LogP contribution in [0.5, 0.6) is 0 Å². The molecule has 3 aliphatic rings. The summed E-state index contributed by atoms with van der Waals surface area (Å²) in [7, 11) is 0. The molecule has 0 aliphatic carbocycles. The van der Waals surface area contributed by atoms with Gasteiger partial charge in [-0.1, -0.05) is 197 Å². The Bertz CT molecular complexity index is 1720. The van der Waals surface area contributed by atoms with Crippen molar-refractivity contribution in [2.75, 3.05) is 26.4 Å². The zero-order chi connectivity index (χ0) is 61.2. The van der Waals surface area contributed by atoms with Gasteiger partial charge < -0.3 is 89.9 Å². The molecular weight excluding hydrogens is 1080 g/mol. The number of ether oxygens (including phenoxy) is 6. The van der Waals surface area contributed by atoms with Gasteiger partial charge in [-0.3, -0.25) is 4.79 Å². The first kappa shape index (κ1) is 76.0. The van der Waals surface area contributed by atoms with Crippen molar-refractivity contribution in [2.24, 2.45) is 0 Å². The number of allylic oxidation sites excluding steroid dienone is 7. The van der Waals surface area contributed by atoms with Gasteiger partial charge in [0.05, 0.1) is 38.6 Å². The van der Waals surface area contributed by atoms with Crippen LogP contribution in [0.15, 0.2) is 48.6 Å². The summed E-state index contributed by atoms with van der Waals surface area (Å²) < 4.78 is 34.2. The Balaban J connectivity index is 1.45. The van der Waals surface area contributed by atoms with Crippen LogP contribution >= 0.6 is 0 Å². The van der Waals surface area contributed by atoms with E-state index in [9.17, 15) is 61.0 Å². The van der Waals surface area contributed by atoms with Crippen LogP contribution in [0.4, 0.5) is 0 Å². The predicted molar refractivity (Wildman–Crippen MR) is 323 cm³/mol. The highest BCUT2D eigenvalue weighted by Crippen LogP contribution is 2.33. The van der Waals surface area contributed by atoms with Gasteiger partial charge in [0.15, 0.2) is 18.9 Å². The van der Waals surface area contributed by atoms with Crippen molar-refractivity contribution in [2.45, 2.75) is 330 Å². The third kappa shape index (κ3) is 30.3. The van der Waals surface area contributed by atoms with E-state index >= 15 is 0 Å². The van der Waals surface area contributed by atoms with Gasteiger partial charge in [-0.15, -0.1) is 0 Å². The molecule has 19 nitrogen and oxygen atoms in total. The summed E-state index contributed by atoms with van der Waals surface area (Å²) in [5.74, 6) is -0.301. The molecule has 3 fully saturated rings. The van der Waals surface area contributed by atoms with Crippen LogP contribution in [-0.2, 0) is 33.2 Å². The molecule has 0 radical (unpaired) electrons. The second-order valence-electron chi connectivity index (χ2n) is 23.6. The smallest absolute Gasteiger partial charge is 0.220 e. The topological polar surface area (TPSA) is 307 Å². The van der Waals surface area contributed by atoms with Crippen LogP contribution in [0.1, 0.15) is 226 Å². The molecule has 3 rings (SSSR count).